The summed E-state index contributed by atoms with van der Waals surface area (Å²) in [4.78, 5) is 16.8. The van der Waals surface area contributed by atoms with Gasteiger partial charge in [0.1, 0.15) is 6.33 Å². The van der Waals surface area contributed by atoms with Crippen LogP contribution in [0.1, 0.15) is 50.2 Å². The van der Waals surface area contributed by atoms with Gasteiger partial charge in [-0.1, -0.05) is 0 Å². The van der Waals surface area contributed by atoms with Crippen LogP contribution in [-0.4, -0.2) is 19.3 Å². The van der Waals surface area contributed by atoms with Crippen LogP contribution in [0, 0.1) is 0 Å². The van der Waals surface area contributed by atoms with E-state index in [4.69, 9.17) is 0 Å². The van der Waals surface area contributed by atoms with Crippen LogP contribution >= 0.6 is 11.3 Å². The molecule has 0 spiro atoms. The van der Waals surface area contributed by atoms with E-state index in [2.05, 4.69) is 15.5 Å². The molecule has 0 aliphatic heterocycles. The number of rotatable bonds is 3. The van der Waals surface area contributed by atoms with Gasteiger partial charge in [-0.05, 0) is 33.6 Å². The summed E-state index contributed by atoms with van der Waals surface area (Å²) < 4.78 is 3.14. The third-order valence-electron chi connectivity index (χ3n) is 3.20. The van der Waals surface area contributed by atoms with Gasteiger partial charge < -0.3 is 0 Å². The molecule has 2 aromatic rings. The van der Waals surface area contributed by atoms with E-state index in [1.54, 1.807) is 22.2 Å². The maximum Gasteiger partial charge on any atom is 0.346 e. The molecule has 2 heterocycles. The molecule has 0 N–H and O–H groups in total. The molecule has 0 bridgehead atoms. The summed E-state index contributed by atoms with van der Waals surface area (Å²) in [6, 6.07) is 0. The number of aromatic nitrogens is 4. The lowest BCUT2D eigenvalue weighted by Gasteiger charge is -2.16. The van der Waals surface area contributed by atoms with E-state index < -0.39 is 0 Å². The number of thiazole rings is 1. The van der Waals surface area contributed by atoms with Crippen molar-refractivity contribution in [2.24, 2.45) is 0 Å². The molecule has 6 heteroatoms. The Hall–Kier alpha value is -1.43. The van der Waals surface area contributed by atoms with E-state index in [-0.39, 0.29) is 11.2 Å². The molecule has 3 rings (SSSR count). The maximum atomic E-state index is 12.2. The van der Waals surface area contributed by atoms with Crippen molar-refractivity contribution in [1.29, 1.82) is 0 Å². The van der Waals surface area contributed by atoms with E-state index in [1.165, 1.54) is 22.5 Å². The molecule has 1 fully saturated rings. The summed E-state index contributed by atoms with van der Waals surface area (Å²) in [6.07, 6.45) is 4.12. The molecule has 2 aromatic heterocycles. The van der Waals surface area contributed by atoms with Crippen LogP contribution in [0.5, 0.6) is 0 Å². The molecule has 1 aliphatic rings. The zero-order valence-electron chi connectivity index (χ0n) is 11.5. The lowest BCUT2D eigenvalue weighted by atomic mass is 10.1. The topological polar surface area (TPSA) is 52.7 Å². The zero-order chi connectivity index (χ0) is 13.6. The van der Waals surface area contributed by atoms with Gasteiger partial charge in [0, 0.05) is 11.3 Å². The van der Waals surface area contributed by atoms with Crippen molar-refractivity contribution < 1.29 is 0 Å². The van der Waals surface area contributed by atoms with Gasteiger partial charge in [-0.3, -0.25) is 4.57 Å². The second-order valence-corrected chi connectivity index (χ2v) is 6.97. The molecule has 1 saturated carbocycles. The lowest BCUT2D eigenvalue weighted by molar-refractivity contribution is 0.340. The minimum Gasteiger partial charge on any atom is -0.275 e. The molecule has 102 valence electrons. The van der Waals surface area contributed by atoms with Crippen molar-refractivity contribution in [2.75, 3.05) is 0 Å². The Morgan fingerprint density at radius 1 is 1.42 bits per heavy atom. The molecule has 19 heavy (non-hydrogen) atoms. The summed E-state index contributed by atoms with van der Waals surface area (Å²) in [5.41, 5.74) is 0.597. The highest BCUT2D eigenvalue weighted by Gasteiger charge is 2.26. The first-order valence-electron chi connectivity index (χ1n) is 6.54. The SMILES string of the molecule is CC(C)(C)n1ncn(Cc2csc(C3CC3)n2)c1=O. The molecule has 0 unspecified atom stereocenters. The van der Waals surface area contributed by atoms with Crippen LogP contribution in [0.15, 0.2) is 16.5 Å². The highest BCUT2D eigenvalue weighted by atomic mass is 32.1. The number of nitrogens with zero attached hydrogens (tertiary/aromatic N) is 4. The minimum absolute atomic E-state index is 0.0755. The van der Waals surface area contributed by atoms with Crippen LogP contribution in [0.25, 0.3) is 0 Å². The van der Waals surface area contributed by atoms with E-state index in [0.717, 1.165) is 5.69 Å². The number of hydrogen-bond donors (Lipinski definition) is 0. The van der Waals surface area contributed by atoms with Gasteiger partial charge in [0.25, 0.3) is 0 Å². The standard InChI is InChI=1S/C13H18N4OS/c1-13(2,3)17-12(18)16(8-14-17)6-10-7-19-11(15-10)9-4-5-9/h7-9H,4-6H2,1-3H3. The maximum absolute atomic E-state index is 12.2. The summed E-state index contributed by atoms with van der Waals surface area (Å²) in [7, 11) is 0. The Labute approximate surface area is 115 Å². The highest BCUT2D eigenvalue weighted by Crippen LogP contribution is 2.41. The predicted octanol–water partition coefficient (Wildman–Crippen LogP) is 2.18. The summed E-state index contributed by atoms with van der Waals surface area (Å²) in [6.45, 7) is 6.43. The molecule has 0 saturated heterocycles. The van der Waals surface area contributed by atoms with Crippen molar-refractivity contribution in [1.82, 2.24) is 19.3 Å². The molecule has 1 aliphatic carbocycles. The highest BCUT2D eigenvalue weighted by molar-refractivity contribution is 7.09. The molecule has 5 nitrogen and oxygen atoms in total. The van der Waals surface area contributed by atoms with Crippen molar-refractivity contribution in [3.8, 4) is 0 Å². The third kappa shape index (κ3) is 2.49. The van der Waals surface area contributed by atoms with Gasteiger partial charge in [-0.25, -0.2) is 14.5 Å². The van der Waals surface area contributed by atoms with Crippen molar-refractivity contribution >= 4 is 11.3 Å². The Bertz CT molecular complexity index is 642. The molecule has 0 radical (unpaired) electrons. The van der Waals surface area contributed by atoms with E-state index >= 15 is 0 Å². The van der Waals surface area contributed by atoms with Gasteiger partial charge in [0.15, 0.2) is 0 Å². The van der Waals surface area contributed by atoms with Crippen molar-refractivity contribution in [3.05, 3.63) is 32.9 Å². The van der Waals surface area contributed by atoms with E-state index in [9.17, 15) is 4.79 Å². The van der Waals surface area contributed by atoms with Gasteiger partial charge in [-0.2, -0.15) is 5.10 Å². The van der Waals surface area contributed by atoms with Crippen molar-refractivity contribution in [3.63, 3.8) is 0 Å². The molecule has 0 aromatic carbocycles. The Balaban J connectivity index is 1.83. The molecular weight excluding hydrogens is 260 g/mol. The molecule has 0 atom stereocenters. The number of hydrogen-bond acceptors (Lipinski definition) is 4. The lowest BCUT2D eigenvalue weighted by Crippen LogP contribution is -2.35. The molecular formula is C13H18N4OS. The predicted molar refractivity (Wildman–Crippen MR) is 74.7 cm³/mol. The first kappa shape index (κ1) is 12.6. The van der Waals surface area contributed by atoms with Gasteiger partial charge >= 0.3 is 5.69 Å². The average Bonchev–Trinajstić information content (AvgIpc) is 2.96. The second-order valence-electron chi connectivity index (χ2n) is 6.08. The summed E-state index contributed by atoms with van der Waals surface area (Å²) >= 11 is 1.70. The zero-order valence-corrected chi connectivity index (χ0v) is 12.3. The molecule has 0 amide bonds. The fraction of sp³-hybridized carbons (Fsp3) is 0.615. The van der Waals surface area contributed by atoms with Gasteiger partial charge in [-0.15, -0.1) is 11.3 Å². The summed E-state index contributed by atoms with van der Waals surface area (Å²) in [5.74, 6) is 0.674. The Kier molecular flexibility index (Phi) is 2.85. The van der Waals surface area contributed by atoms with Crippen LogP contribution in [0.4, 0.5) is 0 Å². The second kappa shape index (κ2) is 4.30. The van der Waals surface area contributed by atoms with Crippen LogP contribution in [0.2, 0.25) is 0 Å². The Morgan fingerprint density at radius 2 is 2.16 bits per heavy atom. The fourth-order valence-corrected chi connectivity index (χ4v) is 2.97. The third-order valence-corrected chi connectivity index (χ3v) is 4.25. The average molecular weight is 278 g/mol. The van der Waals surface area contributed by atoms with Gasteiger partial charge in [0.05, 0.1) is 22.8 Å². The first-order valence-corrected chi connectivity index (χ1v) is 7.42. The van der Waals surface area contributed by atoms with Gasteiger partial charge in [0.2, 0.25) is 0 Å². The van der Waals surface area contributed by atoms with E-state index in [0.29, 0.717) is 12.5 Å². The van der Waals surface area contributed by atoms with E-state index in [1.807, 2.05) is 20.8 Å². The largest absolute Gasteiger partial charge is 0.346 e. The normalized spacial score (nSPS) is 15.9. The van der Waals surface area contributed by atoms with Crippen molar-refractivity contribution in [2.45, 2.75) is 51.6 Å². The monoisotopic (exact) mass is 278 g/mol. The summed E-state index contributed by atoms with van der Waals surface area (Å²) in [5, 5.41) is 7.44. The first-order chi connectivity index (χ1) is 8.95. The fourth-order valence-electron chi connectivity index (χ4n) is 1.99. The quantitative estimate of drug-likeness (QED) is 0.864. The van der Waals surface area contributed by atoms with Crippen LogP contribution < -0.4 is 5.69 Å². The minimum atomic E-state index is -0.288. The Morgan fingerprint density at radius 3 is 2.74 bits per heavy atom. The smallest absolute Gasteiger partial charge is 0.275 e. The van der Waals surface area contributed by atoms with Crippen LogP contribution in [-0.2, 0) is 12.1 Å². The van der Waals surface area contributed by atoms with Crippen LogP contribution in [0.3, 0.4) is 0 Å².